The molecule has 0 saturated carbocycles. The van der Waals surface area contributed by atoms with Crippen LogP contribution in [0.15, 0.2) is 12.1 Å². The topological polar surface area (TPSA) is 38.5 Å². The molecule has 2 aliphatic rings. The van der Waals surface area contributed by atoms with Crippen molar-refractivity contribution >= 4 is 11.4 Å². The number of fused-ring (bicyclic) bond motifs is 2. The molecular formula is C12H14F2N2O. The third-order valence-electron chi connectivity index (χ3n) is 3.40. The molecule has 0 spiro atoms. The Labute approximate surface area is 98.2 Å². The van der Waals surface area contributed by atoms with E-state index < -0.39 is 11.6 Å². The molecule has 2 N–H and O–H groups in total. The van der Waals surface area contributed by atoms with Crippen molar-refractivity contribution < 1.29 is 13.5 Å². The Morgan fingerprint density at radius 3 is 2.18 bits per heavy atom. The van der Waals surface area contributed by atoms with Gasteiger partial charge in [-0.05, 0) is 25.0 Å². The molecule has 5 heteroatoms. The van der Waals surface area contributed by atoms with Crippen LogP contribution in [0.25, 0.3) is 0 Å². The highest BCUT2D eigenvalue weighted by Gasteiger charge is 2.35. The minimum absolute atomic E-state index is 0.0272. The Morgan fingerprint density at radius 1 is 1.12 bits per heavy atom. The van der Waals surface area contributed by atoms with Crippen molar-refractivity contribution in [1.82, 2.24) is 0 Å². The summed E-state index contributed by atoms with van der Waals surface area (Å²) in [5.41, 5.74) is 5.54. The molecule has 2 aliphatic heterocycles. The van der Waals surface area contributed by atoms with Gasteiger partial charge in [0, 0.05) is 18.8 Å². The van der Waals surface area contributed by atoms with Crippen LogP contribution in [0.2, 0.25) is 0 Å². The van der Waals surface area contributed by atoms with E-state index >= 15 is 0 Å². The molecule has 92 valence electrons. The minimum atomic E-state index is -0.594. The van der Waals surface area contributed by atoms with E-state index in [0.29, 0.717) is 13.1 Å². The number of rotatable bonds is 1. The first-order valence-electron chi connectivity index (χ1n) is 5.78. The number of hydrogen-bond acceptors (Lipinski definition) is 3. The van der Waals surface area contributed by atoms with E-state index in [1.54, 1.807) is 4.90 Å². The smallest absolute Gasteiger partial charge is 0.151 e. The Kier molecular flexibility index (Phi) is 2.43. The molecule has 17 heavy (non-hydrogen) atoms. The molecule has 1 aromatic rings. The Hall–Kier alpha value is -1.36. The first kappa shape index (κ1) is 10.8. The molecular weight excluding hydrogens is 226 g/mol. The zero-order valence-corrected chi connectivity index (χ0v) is 9.33. The quantitative estimate of drug-likeness (QED) is 0.762. The fourth-order valence-corrected chi connectivity index (χ4v) is 2.68. The largest absolute Gasteiger partial charge is 0.399 e. The van der Waals surface area contributed by atoms with Crippen LogP contribution >= 0.6 is 0 Å². The molecule has 0 aromatic heterocycles. The van der Waals surface area contributed by atoms with Crippen LogP contribution in [0.4, 0.5) is 20.2 Å². The third-order valence-corrected chi connectivity index (χ3v) is 3.40. The van der Waals surface area contributed by atoms with Crippen molar-refractivity contribution in [2.24, 2.45) is 0 Å². The first-order valence-corrected chi connectivity index (χ1v) is 5.78. The Morgan fingerprint density at radius 2 is 1.65 bits per heavy atom. The summed E-state index contributed by atoms with van der Waals surface area (Å²) in [6, 6.07) is 2.32. The van der Waals surface area contributed by atoms with E-state index in [1.165, 1.54) is 0 Å². The fraction of sp³-hybridized carbons (Fsp3) is 0.500. The summed E-state index contributed by atoms with van der Waals surface area (Å²) in [7, 11) is 0. The lowest BCUT2D eigenvalue weighted by Crippen LogP contribution is -2.43. The van der Waals surface area contributed by atoms with Crippen molar-refractivity contribution in [1.29, 1.82) is 0 Å². The molecule has 2 atom stereocenters. The lowest BCUT2D eigenvalue weighted by Gasteiger charge is -2.34. The molecule has 2 fully saturated rings. The number of nitrogens with zero attached hydrogens (tertiary/aromatic N) is 1. The van der Waals surface area contributed by atoms with Crippen molar-refractivity contribution in [2.45, 2.75) is 25.0 Å². The van der Waals surface area contributed by atoms with Gasteiger partial charge in [-0.15, -0.1) is 0 Å². The van der Waals surface area contributed by atoms with Crippen LogP contribution in [0, 0.1) is 11.6 Å². The standard InChI is InChI=1S/C12H14F2N2O/c13-10-3-7(15)4-11(14)12(10)16-5-8-1-2-9(6-16)17-8/h3-4,8-9H,1-2,5-6,15H2. The number of morpholine rings is 1. The van der Waals surface area contributed by atoms with Crippen molar-refractivity contribution in [2.75, 3.05) is 23.7 Å². The summed E-state index contributed by atoms with van der Waals surface area (Å²) in [6.07, 6.45) is 2.15. The number of nitrogen functional groups attached to an aromatic ring is 1. The van der Waals surface area contributed by atoms with Crippen LogP contribution in [-0.2, 0) is 4.74 Å². The van der Waals surface area contributed by atoms with Crippen LogP contribution in [-0.4, -0.2) is 25.3 Å². The van der Waals surface area contributed by atoms with Gasteiger partial charge in [0.05, 0.1) is 12.2 Å². The van der Waals surface area contributed by atoms with E-state index in [2.05, 4.69) is 0 Å². The summed E-state index contributed by atoms with van der Waals surface area (Å²) in [5, 5.41) is 0. The fourth-order valence-electron chi connectivity index (χ4n) is 2.68. The van der Waals surface area contributed by atoms with E-state index in [1.807, 2.05) is 0 Å². The molecule has 2 bridgehead atoms. The predicted molar refractivity (Wildman–Crippen MR) is 60.9 cm³/mol. The number of hydrogen-bond donors (Lipinski definition) is 1. The molecule has 0 amide bonds. The van der Waals surface area contributed by atoms with Gasteiger partial charge in [-0.3, -0.25) is 0 Å². The summed E-state index contributed by atoms with van der Waals surface area (Å²) in [4.78, 5) is 1.73. The zero-order valence-electron chi connectivity index (χ0n) is 9.33. The molecule has 2 saturated heterocycles. The van der Waals surface area contributed by atoms with Gasteiger partial charge in [0.15, 0.2) is 11.6 Å². The second-order valence-electron chi connectivity index (χ2n) is 4.70. The minimum Gasteiger partial charge on any atom is -0.399 e. The van der Waals surface area contributed by atoms with Crippen molar-refractivity contribution in [3.05, 3.63) is 23.8 Å². The average molecular weight is 240 g/mol. The normalized spacial score (nSPS) is 27.5. The monoisotopic (exact) mass is 240 g/mol. The highest BCUT2D eigenvalue weighted by atomic mass is 19.1. The highest BCUT2D eigenvalue weighted by Crippen LogP contribution is 2.33. The zero-order chi connectivity index (χ0) is 12.0. The van der Waals surface area contributed by atoms with Crippen molar-refractivity contribution in [3.8, 4) is 0 Å². The van der Waals surface area contributed by atoms with Crippen molar-refractivity contribution in [3.63, 3.8) is 0 Å². The maximum Gasteiger partial charge on any atom is 0.151 e. The van der Waals surface area contributed by atoms with Gasteiger partial charge in [-0.2, -0.15) is 0 Å². The number of anilines is 2. The lowest BCUT2D eigenvalue weighted by atomic mass is 10.2. The first-order chi connectivity index (χ1) is 8.13. The summed E-state index contributed by atoms with van der Waals surface area (Å²) >= 11 is 0. The van der Waals surface area contributed by atoms with E-state index in [4.69, 9.17) is 10.5 Å². The van der Waals surface area contributed by atoms with Crippen LogP contribution < -0.4 is 10.6 Å². The number of benzene rings is 1. The van der Waals surface area contributed by atoms with E-state index in [-0.39, 0.29) is 23.6 Å². The average Bonchev–Trinajstić information content (AvgIpc) is 2.56. The van der Waals surface area contributed by atoms with Crippen LogP contribution in [0.1, 0.15) is 12.8 Å². The van der Waals surface area contributed by atoms with E-state index in [0.717, 1.165) is 25.0 Å². The summed E-state index contributed by atoms with van der Waals surface area (Å²) < 4.78 is 33.2. The maximum absolute atomic E-state index is 13.8. The molecule has 2 unspecified atom stereocenters. The number of nitrogens with two attached hydrogens (primary N) is 1. The maximum atomic E-state index is 13.8. The molecule has 3 nitrogen and oxygen atoms in total. The molecule has 0 radical (unpaired) electrons. The van der Waals surface area contributed by atoms with Crippen LogP contribution in [0.5, 0.6) is 0 Å². The molecule has 1 aromatic carbocycles. The SMILES string of the molecule is Nc1cc(F)c(N2CC3CCC(C2)O3)c(F)c1. The van der Waals surface area contributed by atoms with Gasteiger partial charge < -0.3 is 15.4 Å². The number of ether oxygens (including phenoxy) is 1. The third kappa shape index (κ3) is 1.84. The number of halogens is 2. The van der Waals surface area contributed by atoms with Gasteiger partial charge in [0.1, 0.15) is 5.69 Å². The second kappa shape index (κ2) is 3.84. The van der Waals surface area contributed by atoms with Gasteiger partial charge in [0.25, 0.3) is 0 Å². The second-order valence-corrected chi connectivity index (χ2v) is 4.70. The van der Waals surface area contributed by atoms with Crippen LogP contribution in [0.3, 0.4) is 0 Å². The summed E-state index contributed by atoms with van der Waals surface area (Å²) in [6.45, 7) is 1.10. The molecule has 3 rings (SSSR count). The summed E-state index contributed by atoms with van der Waals surface area (Å²) in [5.74, 6) is -1.19. The van der Waals surface area contributed by atoms with E-state index in [9.17, 15) is 8.78 Å². The van der Waals surface area contributed by atoms with Gasteiger partial charge in [-0.25, -0.2) is 8.78 Å². The molecule has 2 heterocycles. The van der Waals surface area contributed by atoms with Gasteiger partial charge >= 0.3 is 0 Å². The highest BCUT2D eigenvalue weighted by molar-refractivity contribution is 5.56. The lowest BCUT2D eigenvalue weighted by molar-refractivity contribution is 0.0300. The Bertz CT molecular complexity index is 417. The van der Waals surface area contributed by atoms with Gasteiger partial charge in [-0.1, -0.05) is 0 Å². The predicted octanol–water partition coefficient (Wildman–Crippen LogP) is 1.91. The Balaban J connectivity index is 1.94. The van der Waals surface area contributed by atoms with Gasteiger partial charge in [0.2, 0.25) is 0 Å². The molecule has 0 aliphatic carbocycles.